The van der Waals surface area contributed by atoms with Crippen molar-refractivity contribution >= 4 is 15.8 Å². The number of sulfonamides is 1. The number of fused-ring (bicyclic) bond motifs is 1. The molecule has 0 saturated heterocycles. The standard InChI is InChI=1S/C25H25NO3S/c1-18-13-15-21(16-14-18)30(28,29)26-17-20-11-7-8-12-22(20)25(2,3)24(26)23(27)19-9-5-4-6-10-19/h4-16,24H,17H2,1-3H3. The second kappa shape index (κ2) is 7.49. The van der Waals surface area contributed by atoms with Crippen LogP contribution in [0.5, 0.6) is 0 Å². The molecule has 3 aromatic rings. The molecule has 0 radical (unpaired) electrons. The van der Waals surface area contributed by atoms with Crippen molar-refractivity contribution in [3.8, 4) is 0 Å². The number of nitrogens with zero attached hydrogens (tertiary/aromatic N) is 1. The lowest BCUT2D eigenvalue weighted by molar-refractivity contribution is 0.0797. The summed E-state index contributed by atoms with van der Waals surface area (Å²) >= 11 is 0. The molecule has 0 saturated carbocycles. The predicted molar refractivity (Wildman–Crippen MR) is 118 cm³/mol. The Balaban J connectivity index is 1.90. The molecule has 0 N–H and O–H groups in total. The van der Waals surface area contributed by atoms with Crippen molar-refractivity contribution < 1.29 is 13.2 Å². The topological polar surface area (TPSA) is 54.5 Å². The Hall–Kier alpha value is -2.76. The second-order valence-electron chi connectivity index (χ2n) is 8.37. The highest BCUT2D eigenvalue weighted by molar-refractivity contribution is 7.89. The van der Waals surface area contributed by atoms with E-state index in [2.05, 4.69) is 0 Å². The van der Waals surface area contributed by atoms with Gasteiger partial charge in [0.15, 0.2) is 5.78 Å². The molecule has 0 aliphatic carbocycles. The van der Waals surface area contributed by atoms with Crippen molar-refractivity contribution in [3.05, 3.63) is 101 Å². The smallest absolute Gasteiger partial charge is 0.244 e. The number of ketones is 1. The molecule has 1 atom stereocenters. The van der Waals surface area contributed by atoms with Crippen molar-refractivity contribution in [2.75, 3.05) is 0 Å². The van der Waals surface area contributed by atoms with Crippen LogP contribution in [0.3, 0.4) is 0 Å². The van der Waals surface area contributed by atoms with Gasteiger partial charge in [0.05, 0.1) is 10.9 Å². The molecule has 3 aromatic carbocycles. The summed E-state index contributed by atoms with van der Waals surface area (Å²) in [7, 11) is -3.88. The first-order valence-corrected chi connectivity index (χ1v) is 11.4. The third-order valence-corrected chi connectivity index (χ3v) is 7.77. The fraction of sp³-hybridized carbons (Fsp3) is 0.240. The molecule has 1 heterocycles. The summed E-state index contributed by atoms with van der Waals surface area (Å²) in [4.78, 5) is 13.9. The summed E-state index contributed by atoms with van der Waals surface area (Å²) in [5, 5.41) is 0. The van der Waals surface area contributed by atoms with Gasteiger partial charge < -0.3 is 0 Å². The molecule has 0 aromatic heterocycles. The van der Waals surface area contributed by atoms with Gasteiger partial charge in [-0.3, -0.25) is 4.79 Å². The van der Waals surface area contributed by atoms with Crippen LogP contribution in [0.4, 0.5) is 0 Å². The van der Waals surface area contributed by atoms with Gasteiger partial charge in [-0.1, -0.05) is 86.1 Å². The van der Waals surface area contributed by atoms with Gasteiger partial charge in [-0.25, -0.2) is 8.42 Å². The van der Waals surface area contributed by atoms with E-state index in [1.54, 1.807) is 48.5 Å². The molecule has 0 amide bonds. The number of carbonyl (C=O) groups is 1. The first-order valence-electron chi connectivity index (χ1n) is 9.99. The van der Waals surface area contributed by atoms with E-state index in [9.17, 15) is 13.2 Å². The summed E-state index contributed by atoms with van der Waals surface area (Å²) in [5.74, 6) is -0.189. The highest BCUT2D eigenvalue weighted by Gasteiger charge is 2.49. The van der Waals surface area contributed by atoms with E-state index >= 15 is 0 Å². The molecule has 0 bridgehead atoms. The van der Waals surface area contributed by atoms with E-state index in [0.29, 0.717) is 5.56 Å². The van der Waals surface area contributed by atoms with Crippen LogP contribution in [-0.4, -0.2) is 24.5 Å². The monoisotopic (exact) mass is 419 g/mol. The zero-order valence-electron chi connectivity index (χ0n) is 17.4. The maximum atomic E-state index is 13.7. The van der Waals surface area contributed by atoms with Gasteiger partial charge in [0.1, 0.15) is 0 Å². The van der Waals surface area contributed by atoms with E-state index in [-0.39, 0.29) is 17.2 Å². The highest BCUT2D eigenvalue weighted by Crippen LogP contribution is 2.42. The van der Waals surface area contributed by atoms with Crippen LogP contribution in [0.2, 0.25) is 0 Å². The summed E-state index contributed by atoms with van der Waals surface area (Å²) in [6, 6.07) is 22.7. The van der Waals surface area contributed by atoms with Gasteiger partial charge in [0.25, 0.3) is 0 Å². The van der Waals surface area contributed by atoms with Crippen molar-refractivity contribution in [2.24, 2.45) is 0 Å². The van der Waals surface area contributed by atoms with Gasteiger partial charge in [-0.15, -0.1) is 0 Å². The van der Waals surface area contributed by atoms with Crippen LogP contribution >= 0.6 is 0 Å². The molecule has 4 nitrogen and oxygen atoms in total. The number of rotatable bonds is 4. The quantitative estimate of drug-likeness (QED) is 0.575. The van der Waals surface area contributed by atoms with Crippen molar-refractivity contribution in [2.45, 2.75) is 43.7 Å². The van der Waals surface area contributed by atoms with Crippen molar-refractivity contribution in [1.29, 1.82) is 0 Å². The predicted octanol–water partition coefficient (Wildman–Crippen LogP) is 4.73. The van der Waals surface area contributed by atoms with Crippen LogP contribution in [0.15, 0.2) is 83.8 Å². The minimum Gasteiger partial charge on any atom is -0.292 e. The zero-order chi connectivity index (χ0) is 21.5. The lowest BCUT2D eigenvalue weighted by atomic mass is 9.71. The number of Topliss-reactive ketones (excluding diaryl/α,β-unsaturated/α-hetero) is 1. The number of aryl methyl sites for hydroxylation is 1. The van der Waals surface area contributed by atoms with Gasteiger partial charge in [-0.05, 0) is 30.2 Å². The average molecular weight is 420 g/mol. The van der Waals surface area contributed by atoms with Gasteiger partial charge >= 0.3 is 0 Å². The molecule has 30 heavy (non-hydrogen) atoms. The Labute approximate surface area is 178 Å². The zero-order valence-corrected chi connectivity index (χ0v) is 18.2. The molecule has 1 aliphatic heterocycles. The molecular weight excluding hydrogens is 394 g/mol. The number of hydrogen-bond acceptors (Lipinski definition) is 3. The molecule has 0 fully saturated rings. The van der Waals surface area contributed by atoms with Crippen molar-refractivity contribution in [1.82, 2.24) is 4.31 Å². The second-order valence-corrected chi connectivity index (χ2v) is 10.3. The Morgan fingerprint density at radius 3 is 2.17 bits per heavy atom. The Morgan fingerprint density at radius 1 is 0.900 bits per heavy atom. The van der Waals surface area contributed by atoms with E-state index in [4.69, 9.17) is 0 Å². The maximum Gasteiger partial charge on any atom is 0.244 e. The summed E-state index contributed by atoms with van der Waals surface area (Å²) in [6.07, 6.45) is 0. The average Bonchev–Trinajstić information content (AvgIpc) is 2.74. The van der Waals surface area contributed by atoms with Gasteiger partial charge in [0.2, 0.25) is 10.0 Å². The fourth-order valence-corrected chi connectivity index (χ4v) is 6.04. The van der Waals surface area contributed by atoms with Crippen LogP contribution < -0.4 is 0 Å². The van der Waals surface area contributed by atoms with Crippen molar-refractivity contribution in [3.63, 3.8) is 0 Å². The highest BCUT2D eigenvalue weighted by atomic mass is 32.2. The Bertz CT molecular complexity index is 1180. The molecular formula is C25H25NO3S. The van der Waals surface area contributed by atoms with E-state index in [1.807, 2.05) is 51.1 Å². The van der Waals surface area contributed by atoms with E-state index < -0.39 is 21.5 Å². The SMILES string of the molecule is Cc1ccc(S(=O)(=O)N2Cc3ccccc3C(C)(C)C2C(=O)c2ccccc2)cc1. The van der Waals surface area contributed by atoms with E-state index in [0.717, 1.165) is 16.7 Å². The number of benzene rings is 3. The Kier molecular flexibility index (Phi) is 5.12. The molecule has 5 heteroatoms. The minimum absolute atomic E-state index is 0.166. The van der Waals surface area contributed by atoms with Crippen LogP contribution in [0, 0.1) is 6.92 Å². The van der Waals surface area contributed by atoms with Gasteiger partial charge in [-0.2, -0.15) is 4.31 Å². The molecule has 1 unspecified atom stereocenters. The lowest BCUT2D eigenvalue weighted by Gasteiger charge is -2.45. The minimum atomic E-state index is -3.88. The molecule has 1 aliphatic rings. The summed E-state index contributed by atoms with van der Waals surface area (Å²) in [6.45, 7) is 5.99. The largest absolute Gasteiger partial charge is 0.292 e. The normalized spacial score (nSPS) is 18.6. The van der Waals surface area contributed by atoms with Crippen LogP contribution in [0.1, 0.15) is 40.9 Å². The first kappa shape index (κ1) is 20.5. The maximum absolute atomic E-state index is 13.7. The molecule has 0 spiro atoms. The number of carbonyl (C=O) groups excluding carboxylic acids is 1. The summed E-state index contributed by atoms with van der Waals surface area (Å²) < 4.78 is 28.8. The third-order valence-electron chi connectivity index (χ3n) is 5.94. The molecule has 4 rings (SSSR count). The van der Waals surface area contributed by atoms with Gasteiger partial charge in [0, 0.05) is 17.5 Å². The summed E-state index contributed by atoms with van der Waals surface area (Å²) in [5.41, 5.74) is 2.73. The van der Waals surface area contributed by atoms with Crippen LogP contribution in [-0.2, 0) is 22.0 Å². The number of hydrogen-bond donors (Lipinski definition) is 0. The molecule has 154 valence electrons. The Morgan fingerprint density at radius 2 is 1.50 bits per heavy atom. The van der Waals surface area contributed by atoms with Crippen LogP contribution in [0.25, 0.3) is 0 Å². The fourth-order valence-electron chi connectivity index (χ4n) is 4.34. The third kappa shape index (κ3) is 3.38. The first-order chi connectivity index (χ1) is 14.2. The lowest BCUT2D eigenvalue weighted by Crippen LogP contribution is -2.57. The van der Waals surface area contributed by atoms with E-state index in [1.165, 1.54) is 4.31 Å².